The predicted octanol–water partition coefficient (Wildman–Crippen LogP) is 1.49. The van der Waals surface area contributed by atoms with Gasteiger partial charge in [0.1, 0.15) is 5.75 Å². The molecule has 0 atom stereocenters. The zero-order valence-electron chi connectivity index (χ0n) is 8.86. The van der Waals surface area contributed by atoms with Gasteiger partial charge in [0.05, 0.1) is 10.5 Å². The van der Waals surface area contributed by atoms with E-state index in [1.807, 2.05) is 0 Å². The van der Waals surface area contributed by atoms with Crippen LogP contribution in [-0.4, -0.2) is 29.2 Å². The number of fused-ring (bicyclic) bond motifs is 1. The molecule has 18 heavy (non-hydrogen) atoms. The SMILES string of the molecule is O=C(O)c1cc(S(=O)(=O)O)cc2cc(O)ccc12. The first-order valence-electron chi connectivity index (χ1n) is 4.76. The Balaban J connectivity index is 2.92. The van der Waals surface area contributed by atoms with Gasteiger partial charge in [0.15, 0.2) is 0 Å². The number of hydrogen-bond donors (Lipinski definition) is 3. The molecular weight excluding hydrogens is 260 g/mol. The number of carboxylic acids is 1. The molecule has 0 fully saturated rings. The van der Waals surface area contributed by atoms with Crippen LogP contribution in [0.5, 0.6) is 5.75 Å². The van der Waals surface area contributed by atoms with Gasteiger partial charge < -0.3 is 10.2 Å². The van der Waals surface area contributed by atoms with E-state index in [-0.39, 0.29) is 22.1 Å². The Labute approximate surface area is 102 Å². The molecule has 3 N–H and O–H groups in total. The number of phenols is 1. The molecule has 0 unspecified atom stereocenters. The summed E-state index contributed by atoms with van der Waals surface area (Å²) in [6.07, 6.45) is 0. The average molecular weight is 268 g/mol. The molecule has 0 aromatic heterocycles. The second-order valence-electron chi connectivity index (χ2n) is 3.66. The summed E-state index contributed by atoms with van der Waals surface area (Å²) in [5.41, 5.74) is -0.264. The standard InChI is InChI=1S/C11H8O6S/c12-7-1-2-9-6(3-7)4-8(18(15,16)17)5-10(9)11(13)14/h1-5,12H,(H,13,14)(H,15,16,17). The Morgan fingerprint density at radius 3 is 2.33 bits per heavy atom. The Bertz CT molecular complexity index is 747. The van der Waals surface area contributed by atoms with Gasteiger partial charge in [-0.15, -0.1) is 0 Å². The fourth-order valence-corrected chi connectivity index (χ4v) is 2.20. The van der Waals surface area contributed by atoms with E-state index in [1.54, 1.807) is 0 Å². The number of rotatable bonds is 2. The molecule has 0 aliphatic heterocycles. The lowest BCUT2D eigenvalue weighted by Crippen LogP contribution is -2.03. The van der Waals surface area contributed by atoms with E-state index in [4.69, 9.17) is 9.66 Å². The predicted molar refractivity (Wildman–Crippen MR) is 62.4 cm³/mol. The van der Waals surface area contributed by atoms with Gasteiger partial charge in [0.25, 0.3) is 10.1 Å². The summed E-state index contributed by atoms with van der Waals surface area (Å²) in [7, 11) is -4.51. The summed E-state index contributed by atoms with van der Waals surface area (Å²) in [5, 5.41) is 18.8. The minimum absolute atomic E-state index is 0.133. The van der Waals surface area contributed by atoms with Crippen LogP contribution >= 0.6 is 0 Å². The van der Waals surface area contributed by atoms with E-state index < -0.39 is 21.0 Å². The largest absolute Gasteiger partial charge is 0.508 e. The van der Waals surface area contributed by atoms with E-state index in [2.05, 4.69) is 0 Å². The van der Waals surface area contributed by atoms with Gasteiger partial charge in [-0.1, -0.05) is 0 Å². The van der Waals surface area contributed by atoms with Crippen molar-refractivity contribution in [2.24, 2.45) is 0 Å². The molecule has 94 valence electrons. The molecule has 0 spiro atoms. The maximum Gasteiger partial charge on any atom is 0.336 e. The smallest absolute Gasteiger partial charge is 0.336 e. The Morgan fingerprint density at radius 1 is 1.11 bits per heavy atom. The van der Waals surface area contributed by atoms with E-state index in [0.717, 1.165) is 12.1 Å². The number of hydrogen-bond acceptors (Lipinski definition) is 4. The average Bonchev–Trinajstić information content (AvgIpc) is 2.25. The summed E-state index contributed by atoms with van der Waals surface area (Å²) < 4.78 is 31.0. The molecule has 0 saturated carbocycles. The highest BCUT2D eigenvalue weighted by Gasteiger charge is 2.17. The Hall–Kier alpha value is -2.12. The van der Waals surface area contributed by atoms with Gasteiger partial charge in [-0.3, -0.25) is 4.55 Å². The number of benzene rings is 2. The molecule has 0 aliphatic carbocycles. The molecule has 0 aliphatic rings. The lowest BCUT2D eigenvalue weighted by Gasteiger charge is -2.06. The molecule has 0 heterocycles. The third kappa shape index (κ3) is 2.13. The summed E-state index contributed by atoms with van der Waals surface area (Å²) >= 11 is 0. The fraction of sp³-hybridized carbons (Fsp3) is 0. The lowest BCUT2D eigenvalue weighted by molar-refractivity contribution is 0.0699. The molecule has 0 saturated heterocycles. The normalized spacial score (nSPS) is 11.6. The number of carboxylic acid groups (broad SMARTS) is 1. The summed E-state index contributed by atoms with van der Waals surface area (Å²) in [4.78, 5) is 10.5. The third-order valence-electron chi connectivity index (χ3n) is 2.44. The minimum atomic E-state index is -4.51. The monoisotopic (exact) mass is 268 g/mol. The second kappa shape index (κ2) is 3.97. The van der Waals surface area contributed by atoms with Gasteiger partial charge >= 0.3 is 5.97 Å². The van der Waals surface area contributed by atoms with Gasteiger partial charge in [-0.05, 0) is 41.1 Å². The zero-order valence-corrected chi connectivity index (χ0v) is 9.68. The van der Waals surface area contributed by atoms with Crippen LogP contribution in [0.4, 0.5) is 0 Å². The van der Waals surface area contributed by atoms with Crippen molar-refractivity contribution in [3.8, 4) is 5.75 Å². The molecule has 2 aromatic rings. The molecular formula is C11H8O6S. The first-order valence-corrected chi connectivity index (χ1v) is 6.20. The fourth-order valence-electron chi connectivity index (χ4n) is 1.66. The van der Waals surface area contributed by atoms with Crippen molar-refractivity contribution in [2.45, 2.75) is 4.90 Å². The quantitative estimate of drug-likeness (QED) is 0.711. The minimum Gasteiger partial charge on any atom is -0.508 e. The second-order valence-corrected chi connectivity index (χ2v) is 5.08. The van der Waals surface area contributed by atoms with E-state index in [1.165, 1.54) is 18.2 Å². The van der Waals surface area contributed by atoms with Crippen LogP contribution < -0.4 is 0 Å². The van der Waals surface area contributed by atoms with Crippen LogP contribution in [0, 0.1) is 0 Å². The van der Waals surface area contributed by atoms with Crippen molar-refractivity contribution >= 4 is 26.9 Å². The van der Waals surface area contributed by atoms with Gasteiger partial charge in [-0.2, -0.15) is 8.42 Å². The summed E-state index contributed by atoms with van der Waals surface area (Å²) in [6.45, 7) is 0. The summed E-state index contributed by atoms with van der Waals surface area (Å²) in [6, 6.07) is 5.84. The Morgan fingerprint density at radius 2 is 1.78 bits per heavy atom. The highest BCUT2D eigenvalue weighted by molar-refractivity contribution is 7.85. The van der Waals surface area contributed by atoms with E-state index >= 15 is 0 Å². The number of phenolic OH excluding ortho intramolecular Hbond substituents is 1. The highest BCUT2D eigenvalue weighted by atomic mass is 32.2. The molecule has 0 radical (unpaired) electrons. The number of aromatic hydroxyl groups is 1. The molecule has 2 aromatic carbocycles. The summed E-state index contributed by atoms with van der Waals surface area (Å²) in [5.74, 6) is -1.46. The first-order chi connectivity index (χ1) is 8.29. The van der Waals surface area contributed by atoms with Crippen LogP contribution in [0.1, 0.15) is 10.4 Å². The molecule has 2 rings (SSSR count). The van der Waals surface area contributed by atoms with Crippen LogP contribution in [0.3, 0.4) is 0 Å². The number of carbonyl (C=O) groups is 1. The molecule has 0 amide bonds. The van der Waals surface area contributed by atoms with Gasteiger partial charge in [0, 0.05) is 0 Å². The zero-order chi connectivity index (χ0) is 13.5. The van der Waals surface area contributed by atoms with Crippen molar-refractivity contribution in [1.29, 1.82) is 0 Å². The lowest BCUT2D eigenvalue weighted by atomic mass is 10.0. The molecule has 6 nitrogen and oxygen atoms in total. The molecule has 0 bridgehead atoms. The van der Waals surface area contributed by atoms with E-state index in [9.17, 15) is 18.3 Å². The third-order valence-corrected chi connectivity index (χ3v) is 3.27. The van der Waals surface area contributed by atoms with Gasteiger partial charge in [0.2, 0.25) is 0 Å². The van der Waals surface area contributed by atoms with E-state index in [0.29, 0.717) is 0 Å². The van der Waals surface area contributed by atoms with Crippen molar-refractivity contribution in [2.75, 3.05) is 0 Å². The molecule has 7 heteroatoms. The maximum absolute atomic E-state index is 11.0. The van der Waals surface area contributed by atoms with Crippen LogP contribution in [0.2, 0.25) is 0 Å². The Kier molecular flexibility index (Phi) is 2.72. The highest BCUT2D eigenvalue weighted by Crippen LogP contribution is 2.26. The topological polar surface area (TPSA) is 112 Å². The maximum atomic E-state index is 11.0. The van der Waals surface area contributed by atoms with Crippen molar-refractivity contribution in [3.63, 3.8) is 0 Å². The first kappa shape index (κ1) is 12.3. The van der Waals surface area contributed by atoms with Gasteiger partial charge in [-0.25, -0.2) is 4.79 Å². The van der Waals surface area contributed by atoms with Crippen molar-refractivity contribution in [1.82, 2.24) is 0 Å². The van der Waals surface area contributed by atoms with Crippen LogP contribution in [-0.2, 0) is 10.1 Å². The number of aromatic carboxylic acids is 1. The van der Waals surface area contributed by atoms with Crippen LogP contribution in [0.15, 0.2) is 35.2 Å². The van der Waals surface area contributed by atoms with Crippen molar-refractivity contribution in [3.05, 3.63) is 35.9 Å². The van der Waals surface area contributed by atoms with Crippen LogP contribution in [0.25, 0.3) is 10.8 Å². The van der Waals surface area contributed by atoms with Crippen molar-refractivity contribution < 1.29 is 28.0 Å².